The number of nitrogens with zero attached hydrogens (tertiary/aromatic N) is 5. The maximum absolute atomic E-state index is 14.1. The Morgan fingerprint density at radius 1 is 0.545 bits per heavy atom. The quantitative estimate of drug-likeness (QED) is 0.0440. The molecule has 4 amide bonds. The van der Waals surface area contributed by atoms with Gasteiger partial charge in [0.15, 0.2) is 0 Å². The standard InChI is InChI=1S/C36H36ClF6N3O4.C36H35F6N3O4/c1-25(27-18-29(35(38,39)40)20-30(19-27)36(41,42)43)50-24-34(28-12-6-3-7-13-28)16-15-33(22-44,45-31(47)14-8-9-17-37)23-46(34)32(48)49-21-26-10-4-2-5-11-26;1-25(27-18-29(35(37,38)39)20-30(19-27)36(40,41)42)49-24-34(28-12-6-3-7-13-28)16-15-33(22-43,44-17-9-8-14-31(44)46)23-45(34)32(47)48-21-26-10-4-2-5-11-26/h2-7,10-13,18-20,25H,8-9,14-17,21,23-24H2,1H3,(H,45,47);2-7,10-13,18-20,25H,8-9,14-17,21,23-24H2,1H3/t2*25-,33-,34-/m11/s1. The first-order valence-electron chi connectivity index (χ1n) is 31.7. The number of halogens is 13. The molecule has 3 fully saturated rings. The van der Waals surface area contributed by atoms with Crippen molar-refractivity contribution in [3.8, 4) is 12.1 Å². The molecule has 6 aromatic carbocycles. The molecular formula is C72H71ClF12N6O8. The van der Waals surface area contributed by atoms with Gasteiger partial charge in [-0.15, -0.1) is 11.6 Å². The monoisotopic (exact) mass is 1410 g/mol. The van der Waals surface area contributed by atoms with Crippen molar-refractivity contribution < 1.29 is 90.8 Å². The van der Waals surface area contributed by atoms with Gasteiger partial charge in [0.05, 0.1) is 84.0 Å². The number of ether oxygens (including phenoxy) is 4. The van der Waals surface area contributed by atoms with E-state index in [4.69, 9.17) is 30.5 Å². The molecule has 0 unspecified atom stereocenters. The fraction of sp³-hybridized carbons (Fsp3) is 0.417. The number of nitriles is 2. The lowest BCUT2D eigenvalue weighted by molar-refractivity contribution is -0.145. The summed E-state index contributed by atoms with van der Waals surface area (Å²) in [6.45, 7) is 1.31. The van der Waals surface area contributed by atoms with E-state index in [1.165, 1.54) is 28.5 Å². The van der Waals surface area contributed by atoms with Gasteiger partial charge >= 0.3 is 36.9 Å². The largest absolute Gasteiger partial charge is 0.445 e. The molecule has 14 nitrogen and oxygen atoms in total. The maximum Gasteiger partial charge on any atom is 0.416 e. The number of likely N-dealkylation sites (tertiary alicyclic amines) is 3. The fourth-order valence-electron chi connectivity index (χ4n) is 12.4. The Balaban J connectivity index is 0.000000252. The Hall–Kier alpha value is -8.85. The minimum atomic E-state index is -5.06. The van der Waals surface area contributed by atoms with Crippen molar-refractivity contribution in [1.29, 1.82) is 10.5 Å². The van der Waals surface area contributed by atoms with Crippen LogP contribution in [0.4, 0.5) is 62.3 Å². The van der Waals surface area contributed by atoms with Crippen molar-refractivity contribution in [3.63, 3.8) is 0 Å². The van der Waals surface area contributed by atoms with E-state index in [2.05, 4.69) is 17.5 Å². The van der Waals surface area contributed by atoms with Crippen molar-refractivity contribution in [3.05, 3.63) is 213 Å². The van der Waals surface area contributed by atoms with Crippen molar-refractivity contribution in [2.45, 2.75) is 150 Å². The molecule has 3 heterocycles. The van der Waals surface area contributed by atoms with Crippen LogP contribution in [0.1, 0.15) is 146 Å². The number of rotatable bonds is 20. The van der Waals surface area contributed by atoms with E-state index in [0.29, 0.717) is 84.6 Å². The van der Waals surface area contributed by atoms with E-state index < -0.39 is 106 Å². The van der Waals surface area contributed by atoms with Crippen molar-refractivity contribution >= 4 is 35.6 Å². The van der Waals surface area contributed by atoms with E-state index in [0.717, 1.165) is 0 Å². The highest BCUT2D eigenvalue weighted by Gasteiger charge is 2.57. The second-order valence-electron chi connectivity index (χ2n) is 24.7. The highest BCUT2D eigenvalue weighted by atomic mass is 35.5. The van der Waals surface area contributed by atoms with Gasteiger partial charge in [0.25, 0.3) is 0 Å². The number of hydrogen-bond donors (Lipinski definition) is 1. The molecular weight excluding hydrogens is 1340 g/mol. The molecule has 3 saturated heterocycles. The van der Waals surface area contributed by atoms with Gasteiger partial charge in [-0.2, -0.15) is 63.2 Å². The van der Waals surface area contributed by atoms with Gasteiger partial charge in [-0.05, 0) is 135 Å². The minimum absolute atomic E-state index is 0.0100. The Labute approximate surface area is 569 Å². The van der Waals surface area contributed by atoms with E-state index in [1.54, 1.807) is 121 Å². The SMILES string of the molecule is C[C@@H](OC[C@@]1(c2ccccc2)CC[C@](C#N)(N2CCCCC2=O)CN1C(=O)OCc1ccccc1)c1cc(C(F)(F)F)cc(C(F)(F)F)c1.C[C@@H](OC[C@@]1(c2ccccc2)CC[C@](C#N)(NC(=O)CCCCCl)CN1C(=O)OCc1ccccc1)c1cc(C(F)(F)F)cc(C(F)(F)F)c1. The number of amides is 4. The molecule has 9 rings (SSSR count). The third-order valence-corrected chi connectivity index (χ3v) is 18.3. The Bertz CT molecular complexity index is 3760. The van der Waals surface area contributed by atoms with E-state index in [1.807, 2.05) is 0 Å². The van der Waals surface area contributed by atoms with Crippen LogP contribution in [0.2, 0.25) is 0 Å². The molecule has 0 aliphatic carbocycles. The number of alkyl halides is 13. The average molecular weight is 1410 g/mol. The number of nitrogens with one attached hydrogen (secondary N) is 1. The summed E-state index contributed by atoms with van der Waals surface area (Å²) in [4.78, 5) is 58.3. The van der Waals surface area contributed by atoms with Crippen LogP contribution in [0.5, 0.6) is 0 Å². The first-order chi connectivity index (χ1) is 46.8. The fourth-order valence-corrected chi connectivity index (χ4v) is 12.6. The number of unbranched alkanes of at least 4 members (excludes halogenated alkanes) is 1. The normalized spacial score (nSPS) is 21.2. The van der Waals surface area contributed by atoms with Crippen molar-refractivity contribution in [2.24, 2.45) is 0 Å². The first-order valence-corrected chi connectivity index (χ1v) is 32.2. The smallest absolute Gasteiger partial charge is 0.416 e. The summed E-state index contributed by atoms with van der Waals surface area (Å²) >= 11 is 5.74. The van der Waals surface area contributed by atoms with Crippen LogP contribution < -0.4 is 5.32 Å². The third kappa shape index (κ3) is 18.7. The van der Waals surface area contributed by atoms with E-state index >= 15 is 0 Å². The van der Waals surface area contributed by atoms with Gasteiger partial charge in [-0.1, -0.05) is 121 Å². The molecule has 0 radical (unpaired) electrons. The maximum atomic E-state index is 14.1. The molecule has 0 saturated carbocycles. The summed E-state index contributed by atoms with van der Waals surface area (Å²) in [5.41, 5.74) is -9.98. The number of carbonyl (C=O) groups is 4. The van der Waals surface area contributed by atoms with Crippen LogP contribution in [-0.2, 0) is 77.5 Å². The summed E-state index contributed by atoms with van der Waals surface area (Å²) in [6, 6.07) is 41.8. The number of benzene rings is 6. The van der Waals surface area contributed by atoms with Crippen molar-refractivity contribution in [2.75, 3.05) is 38.7 Å². The van der Waals surface area contributed by atoms with Crippen LogP contribution in [0.25, 0.3) is 0 Å². The molecule has 6 aromatic rings. The summed E-state index contributed by atoms with van der Waals surface area (Å²) in [5, 5.41) is 23.7. The van der Waals surface area contributed by atoms with E-state index in [-0.39, 0.29) is 101 Å². The van der Waals surface area contributed by atoms with Crippen molar-refractivity contribution in [1.82, 2.24) is 20.0 Å². The van der Waals surface area contributed by atoms with Crippen LogP contribution >= 0.6 is 11.6 Å². The molecule has 528 valence electrons. The lowest BCUT2D eigenvalue weighted by atomic mass is 9.74. The molecule has 1 N–H and O–H groups in total. The number of piperidine rings is 3. The number of hydrogen-bond acceptors (Lipinski definition) is 10. The summed E-state index contributed by atoms with van der Waals surface area (Å²) < 4.78 is 188. The number of carbonyl (C=O) groups excluding carboxylic acids is 4. The van der Waals surface area contributed by atoms with Gasteiger partial charge < -0.3 is 29.2 Å². The predicted octanol–water partition coefficient (Wildman–Crippen LogP) is 17.3. The molecule has 3 aliphatic heterocycles. The molecule has 0 aromatic heterocycles. The van der Waals surface area contributed by atoms with Crippen LogP contribution in [0.3, 0.4) is 0 Å². The zero-order valence-electron chi connectivity index (χ0n) is 53.8. The highest BCUT2D eigenvalue weighted by Crippen LogP contribution is 2.48. The van der Waals surface area contributed by atoms with Gasteiger partial charge in [0.2, 0.25) is 11.8 Å². The van der Waals surface area contributed by atoms with Gasteiger partial charge in [-0.25, -0.2) is 9.59 Å². The highest BCUT2D eigenvalue weighted by molar-refractivity contribution is 6.17. The van der Waals surface area contributed by atoms with E-state index in [9.17, 15) is 82.4 Å². The van der Waals surface area contributed by atoms with Crippen LogP contribution in [-0.4, -0.2) is 88.5 Å². The minimum Gasteiger partial charge on any atom is -0.445 e. The molecule has 99 heavy (non-hydrogen) atoms. The zero-order chi connectivity index (χ0) is 72.0. The summed E-state index contributed by atoms with van der Waals surface area (Å²) in [7, 11) is 0. The zero-order valence-corrected chi connectivity index (χ0v) is 54.6. The lowest BCUT2D eigenvalue weighted by Gasteiger charge is -2.54. The molecule has 3 aliphatic rings. The topological polar surface area (TPSA) is 175 Å². The third-order valence-electron chi connectivity index (χ3n) is 18.0. The Kier molecular flexibility index (Phi) is 24.5. The first kappa shape index (κ1) is 75.9. The van der Waals surface area contributed by atoms with Gasteiger partial charge in [0.1, 0.15) is 24.3 Å². The Morgan fingerprint density at radius 2 is 0.949 bits per heavy atom. The summed E-state index contributed by atoms with van der Waals surface area (Å²) in [5.74, 6) is -0.280. The van der Waals surface area contributed by atoms with Gasteiger partial charge in [0, 0.05) is 25.3 Å². The molecule has 6 atom stereocenters. The summed E-state index contributed by atoms with van der Waals surface area (Å²) in [6.07, 6.45) is -21.5. The molecule has 0 bridgehead atoms. The predicted molar refractivity (Wildman–Crippen MR) is 338 cm³/mol. The van der Waals surface area contributed by atoms with Crippen LogP contribution in [0.15, 0.2) is 158 Å². The molecule has 0 spiro atoms. The molecule has 27 heteroatoms. The second kappa shape index (κ2) is 32.0. The lowest BCUT2D eigenvalue weighted by Crippen LogP contribution is -2.67. The van der Waals surface area contributed by atoms with Gasteiger partial charge in [-0.3, -0.25) is 19.4 Å². The van der Waals surface area contributed by atoms with Crippen LogP contribution in [0, 0.1) is 22.7 Å². The average Bonchev–Trinajstić information content (AvgIpc) is 0.742. The Morgan fingerprint density at radius 3 is 1.33 bits per heavy atom. The second-order valence-corrected chi connectivity index (χ2v) is 25.0.